The van der Waals surface area contributed by atoms with Gasteiger partial charge in [0.05, 0.1) is 18.5 Å². The zero-order valence-electron chi connectivity index (χ0n) is 13.6. The van der Waals surface area contributed by atoms with Crippen LogP contribution in [0.15, 0.2) is 48.5 Å². The molecule has 5 nitrogen and oxygen atoms in total. The van der Waals surface area contributed by atoms with Gasteiger partial charge in [-0.25, -0.2) is 12.8 Å². The van der Waals surface area contributed by atoms with E-state index in [9.17, 15) is 17.6 Å². The number of nitrogens with zero attached hydrogens (tertiary/aromatic N) is 1. The van der Waals surface area contributed by atoms with Crippen molar-refractivity contribution in [2.24, 2.45) is 0 Å². The van der Waals surface area contributed by atoms with Crippen molar-refractivity contribution in [3.8, 4) is 0 Å². The van der Waals surface area contributed by atoms with Crippen molar-refractivity contribution < 1.29 is 17.6 Å². The van der Waals surface area contributed by atoms with Gasteiger partial charge in [0.2, 0.25) is 15.9 Å². The number of nitrogens with one attached hydrogen (secondary N) is 1. The second-order valence-corrected chi connectivity index (χ2v) is 7.92. The number of benzene rings is 2. The Morgan fingerprint density at radius 2 is 1.80 bits per heavy atom. The molecular formula is C17H18ClFN2O3S. The van der Waals surface area contributed by atoms with Crippen molar-refractivity contribution in [1.82, 2.24) is 4.31 Å². The Labute approximate surface area is 151 Å². The largest absolute Gasteiger partial charge is 0.322 e. The summed E-state index contributed by atoms with van der Waals surface area (Å²) >= 11 is 5.82. The van der Waals surface area contributed by atoms with Crippen LogP contribution in [0.2, 0.25) is 5.02 Å². The Balaban J connectivity index is 2.01. The van der Waals surface area contributed by atoms with E-state index in [1.165, 1.54) is 18.2 Å². The molecule has 134 valence electrons. The van der Waals surface area contributed by atoms with Crippen molar-refractivity contribution in [3.63, 3.8) is 0 Å². The molecule has 0 atom stereocenters. The SMILES string of the molecule is CS(=O)(=O)N(CCc1ccc(Cl)cc1)CC(=O)Nc1ccccc1F. The Morgan fingerprint density at radius 1 is 1.16 bits per heavy atom. The molecule has 0 spiro atoms. The molecule has 8 heteroatoms. The Kier molecular flexibility index (Phi) is 6.52. The van der Waals surface area contributed by atoms with Crippen molar-refractivity contribution in [2.75, 3.05) is 24.7 Å². The van der Waals surface area contributed by atoms with Crippen LogP contribution in [0.1, 0.15) is 5.56 Å². The lowest BCUT2D eigenvalue weighted by molar-refractivity contribution is -0.116. The van der Waals surface area contributed by atoms with Crippen LogP contribution in [0.5, 0.6) is 0 Å². The molecule has 0 fully saturated rings. The van der Waals surface area contributed by atoms with Crippen molar-refractivity contribution >= 4 is 33.2 Å². The zero-order valence-corrected chi connectivity index (χ0v) is 15.1. The number of carbonyl (C=O) groups is 1. The summed E-state index contributed by atoms with van der Waals surface area (Å²) in [5.74, 6) is -1.19. The van der Waals surface area contributed by atoms with Crippen LogP contribution in [0, 0.1) is 5.82 Å². The minimum atomic E-state index is -3.59. The minimum absolute atomic E-state index is 0.0126. The normalized spacial score (nSPS) is 11.5. The molecular weight excluding hydrogens is 367 g/mol. The molecule has 0 saturated carbocycles. The number of hydrogen-bond acceptors (Lipinski definition) is 3. The quantitative estimate of drug-likeness (QED) is 0.798. The van der Waals surface area contributed by atoms with Crippen molar-refractivity contribution in [3.05, 3.63) is 64.9 Å². The van der Waals surface area contributed by atoms with Crippen molar-refractivity contribution in [1.29, 1.82) is 0 Å². The maximum absolute atomic E-state index is 13.6. The summed E-state index contributed by atoms with van der Waals surface area (Å²) in [6.45, 7) is -0.258. The summed E-state index contributed by atoms with van der Waals surface area (Å²) in [5, 5.41) is 2.97. The van der Waals surface area contributed by atoms with Gasteiger partial charge in [-0.1, -0.05) is 35.9 Å². The third-order valence-electron chi connectivity index (χ3n) is 3.50. The first kappa shape index (κ1) is 19.4. The van der Waals surface area contributed by atoms with Gasteiger partial charge in [-0.05, 0) is 36.2 Å². The first-order valence-electron chi connectivity index (χ1n) is 7.49. The summed E-state index contributed by atoms with van der Waals surface area (Å²) < 4.78 is 38.4. The number of rotatable bonds is 7. The smallest absolute Gasteiger partial charge is 0.239 e. The second kappa shape index (κ2) is 8.42. The predicted octanol–water partition coefficient (Wildman–Crippen LogP) is 2.92. The van der Waals surface area contributed by atoms with E-state index in [4.69, 9.17) is 11.6 Å². The lowest BCUT2D eigenvalue weighted by Gasteiger charge is -2.19. The third-order valence-corrected chi connectivity index (χ3v) is 5.00. The van der Waals surface area contributed by atoms with E-state index in [2.05, 4.69) is 5.32 Å². The highest BCUT2D eigenvalue weighted by Crippen LogP contribution is 2.13. The average Bonchev–Trinajstić information content (AvgIpc) is 2.54. The topological polar surface area (TPSA) is 66.5 Å². The highest BCUT2D eigenvalue weighted by atomic mass is 35.5. The van der Waals surface area contributed by atoms with E-state index in [0.717, 1.165) is 16.1 Å². The van der Waals surface area contributed by atoms with Gasteiger partial charge in [-0.15, -0.1) is 0 Å². The Morgan fingerprint density at radius 3 is 2.40 bits per heavy atom. The molecule has 0 saturated heterocycles. The van der Waals surface area contributed by atoms with E-state index in [1.54, 1.807) is 30.3 Å². The monoisotopic (exact) mass is 384 g/mol. The molecule has 0 aliphatic rings. The van der Waals surface area contributed by atoms with Gasteiger partial charge in [-0.3, -0.25) is 4.79 Å². The number of amides is 1. The van der Waals surface area contributed by atoms with E-state index in [-0.39, 0.29) is 18.8 Å². The van der Waals surface area contributed by atoms with Crippen molar-refractivity contribution in [2.45, 2.75) is 6.42 Å². The molecule has 0 heterocycles. The van der Waals surface area contributed by atoms with Crippen LogP contribution in [0.3, 0.4) is 0 Å². The molecule has 0 radical (unpaired) electrons. The molecule has 0 unspecified atom stereocenters. The lowest BCUT2D eigenvalue weighted by atomic mass is 10.1. The van der Waals surface area contributed by atoms with Gasteiger partial charge in [0.25, 0.3) is 0 Å². The van der Waals surface area contributed by atoms with Gasteiger partial charge in [-0.2, -0.15) is 4.31 Å². The molecule has 2 aromatic rings. The first-order chi connectivity index (χ1) is 11.8. The number of carbonyl (C=O) groups excluding carboxylic acids is 1. The number of anilines is 1. The number of halogens is 2. The fourth-order valence-electron chi connectivity index (χ4n) is 2.18. The number of sulfonamides is 1. The molecule has 0 aliphatic carbocycles. The maximum Gasteiger partial charge on any atom is 0.239 e. The molecule has 1 N–H and O–H groups in total. The second-order valence-electron chi connectivity index (χ2n) is 5.50. The van der Waals surface area contributed by atoms with Crippen LogP contribution in [-0.2, 0) is 21.2 Å². The minimum Gasteiger partial charge on any atom is -0.322 e. The molecule has 0 aliphatic heterocycles. The molecule has 25 heavy (non-hydrogen) atoms. The summed E-state index contributed by atoms with van der Waals surface area (Å²) in [4.78, 5) is 12.1. The van der Waals surface area contributed by atoms with Crippen LogP contribution in [0.4, 0.5) is 10.1 Å². The fourth-order valence-corrected chi connectivity index (χ4v) is 3.08. The van der Waals surface area contributed by atoms with Gasteiger partial charge in [0.1, 0.15) is 5.82 Å². The molecule has 0 aromatic heterocycles. The van der Waals surface area contributed by atoms with Gasteiger partial charge in [0, 0.05) is 11.6 Å². The van der Waals surface area contributed by atoms with E-state index < -0.39 is 21.7 Å². The fraction of sp³-hybridized carbons (Fsp3) is 0.235. The lowest BCUT2D eigenvalue weighted by Crippen LogP contribution is -2.38. The Hall–Kier alpha value is -1.96. The summed E-state index contributed by atoms with van der Waals surface area (Å²) in [6.07, 6.45) is 1.46. The molecule has 0 bridgehead atoms. The van der Waals surface area contributed by atoms with Crippen LogP contribution < -0.4 is 5.32 Å². The van der Waals surface area contributed by atoms with Crippen LogP contribution in [0.25, 0.3) is 0 Å². The summed E-state index contributed by atoms with van der Waals surface area (Å²) in [7, 11) is -3.59. The standard InChI is InChI=1S/C17H18ClFN2O3S/c1-25(23,24)21(11-10-13-6-8-14(18)9-7-13)12-17(22)20-16-5-3-2-4-15(16)19/h2-9H,10-12H2,1H3,(H,20,22). The van der Waals surface area contributed by atoms with E-state index in [0.29, 0.717) is 11.4 Å². The Bertz CT molecular complexity index is 841. The summed E-state index contributed by atoms with van der Waals surface area (Å²) in [6, 6.07) is 12.7. The summed E-state index contributed by atoms with van der Waals surface area (Å²) in [5.41, 5.74) is 0.909. The zero-order chi connectivity index (χ0) is 18.4. The van der Waals surface area contributed by atoms with Gasteiger partial charge >= 0.3 is 0 Å². The van der Waals surface area contributed by atoms with E-state index >= 15 is 0 Å². The molecule has 2 rings (SSSR count). The predicted molar refractivity (Wildman–Crippen MR) is 96.6 cm³/mol. The number of para-hydroxylation sites is 1. The van der Waals surface area contributed by atoms with E-state index in [1.807, 2.05) is 0 Å². The molecule has 2 aromatic carbocycles. The highest BCUT2D eigenvalue weighted by molar-refractivity contribution is 7.88. The average molecular weight is 385 g/mol. The highest BCUT2D eigenvalue weighted by Gasteiger charge is 2.20. The van der Waals surface area contributed by atoms with Crippen LogP contribution >= 0.6 is 11.6 Å². The van der Waals surface area contributed by atoms with Gasteiger partial charge in [0.15, 0.2) is 0 Å². The number of hydrogen-bond donors (Lipinski definition) is 1. The maximum atomic E-state index is 13.6. The van der Waals surface area contributed by atoms with Crippen LogP contribution in [-0.4, -0.2) is 38.0 Å². The third kappa shape index (κ3) is 6.12. The van der Waals surface area contributed by atoms with Gasteiger partial charge < -0.3 is 5.32 Å². The molecule has 1 amide bonds. The first-order valence-corrected chi connectivity index (χ1v) is 9.72.